The Kier molecular flexibility index (Phi) is 11.0. The molecule has 1 amide bonds. The molecule has 2 rings (SSSR count). The Hall–Kier alpha value is -2.28. The SMILES string of the molecule is CCOCCCNC(=NCc1ccc(OC)cc1)NCC(=O)NC1CCCCC1. The van der Waals surface area contributed by atoms with Gasteiger partial charge in [0.1, 0.15) is 5.75 Å². The molecule has 0 spiro atoms. The number of hydrogen-bond donors (Lipinski definition) is 3. The summed E-state index contributed by atoms with van der Waals surface area (Å²) in [7, 11) is 1.65. The molecule has 1 aliphatic carbocycles. The summed E-state index contributed by atoms with van der Waals surface area (Å²) in [5, 5.41) is 9.57. The van der Waals surface area contributed by atoms with Crippen LogP contribution in [0.3, 0.4) is 0 Å². The van der Waals surface area contributed by atoms with Crippen LogP contribution in [0.4, 0.5) is 0 Å². The number of carbonyl (C=O) groups is 1. The molecule has 0 heterocycles. The fourth-order valence-corrected chi connectivity index (χ4v) is 3.29. The van der Waals surface area contributed by atoms with E-state index in [0.717, 1.165) is 43.7 Å². The monoisotopic (exact) mass is 404 g/mol. The number of guanidine groups is 1. The molecule has 7 heteroatoms. The van der Waals surface area contributed by atoms with Gasteiger partial charge < -0.3 is 25.4 Å². The molecule has 0 bridgehead atoms. The van der Waals surface area contributed by atoms with Gasteiger partial charge in [-0.1, -0.05) is 31.4 Å². The third kappa shape index (κ3) is 9.65. The van der Waals surface area contributed by atoms with Crippen LogP contribution < -0.4 is 20.7 Å². The Labute approximate surface area is 174 Å². The molecule has 7 nitrogen and oxygen atoms in total. The zero-order valence-corrected chi connectivity index (χ0v) is 17.8. The highest BCUT2D eigenvalue weighted by Crippen LogP contribution is 2.17. The lowest BCUT2D eigenvalue weighted by Crippen LogP contribution is -2.46. The Bertz CT molecular complexity index is 613. The molecule has 1 aromatic rings. The van der Waals surface area contributed by atoms with Crippen LogP contribution in [0.2, 0.25) is 0 Å². The quantitative estimate of drug-likeness (QED) is 0.300. The van der Waals surface area contributed by atoms with E-state index in [2.05, 4.69) is 20.9 Å². The van der Waals surface area contributed by atoms with E-state index in [1.54, 1.807) is 7.11 Å². The Morgan fingerprint density at radius 3 is 2.59 bits per heavy atom. The summed E-state index contributed by atoms with van der Waals surface area (Å²) in [4.78, 5) is 16.9. The highest BCUT2D eigenvalue weighted by molar-refractivity contribution is 5.86. The van der Waals surface area contributed by atoms with Crippen molar-refractivity contribution < 1.29 is 14.3 Å². The number of hydrogen-bond acceptors (Lipinski definition) is 4. The number of carbonyl (C=O) groups excluding carboxylic acids is 1. The van der Waals surface area contributed by atoms with E-state index in [-0.39, 0.29) is 12.5 Å². The smallest absolute Gasteiger partial charge is 0.239 e. The number of benzene rings is 1. The molecule has 3 N–H and O–H groups in total. The van der Waals surface area contributed by atoms with Crippen molar-refractivity contribution in [2.45, 2.75) is 58.0 Å². The van der Waals surface area contributed by atoms with Crippen LogP contribution in [0.25, 0.3) is 0 Å². The maximum atomic E-state index is 12.3. The van der Waals surface area contributed by atoms with Gasteiger partial charge in [0.2, 0.25) is 5.91 Å². The van der Waals surface area contributed by atoms with Crippen LogP contribution in [-0.4, -0.2) is 51.3 Å². The summed E-state index contributed by atoms with van der Waals surface area (Å²) in [6.45, 7) is 4.89. The van der Waals surface area contributed by atoms with E-state index >= 15 is 0 Å². The van der Waals surface area contributed by atoms with Crippen molar-refractivity contribution in [2.24, 2.45) is 4.99 Å². The molecule has 0 radical (unpaired) electrons. The Morgan fingerprint density at radius 2 is 1.90 bits per heavy atom. The van der Waals surface area contributed by atoms with Gasteiger partial charge in [-0.05, 0) is 43.9 Å². The summed E-state index contributed by atoms with van der Waals surface area (Å²) in [5.41, 5.74) is 1.08. The van der Waals surface area contributed by atoms with E-state index in [0.29, 0.717) is 25.2 Å². The first kappa shape index (κ1) is 23.0. The van der Waals surface area contributed by atoms with Crippen molar-refractivity contribution >= 4 is 11.9 Å². The predicted molar refractivity (Wildman–Crippen MR) is 116 cm³/mol. The fraction of sp³-hybridized carbons (Fsp3) is 0.636. The van der Waals surface area contributed by atoms with Crippen molar-refractivity contribution in [3.8, 4) is 5.75 Å². The normalized spacial score (nSPS) is 15.0. The number of rotatable bonds is 11. The maximum absolute atomic E-state index is 12.3. The summed E-state index contributed by atoms with van der Waals surface area (Å²) < 4.78 is 10.6. The van der Waals surface area contributed by atoms with Gasteiger partial charge in [-0.3, -0.25) is 4.79 Å². The number of ether oxygens (including phenoxy) is 2. The van der Waals surface area contributed by atoms with Crippen molar-refractivity contribution in [1.29, 1.82) is 0 Å². The van der Waals surface area contributed by atoms with Gasteiger partial charge in [-0.25, -0.2) is 4.99 Å². The molecule has 0 atom stereocenters. The lowest BCUT2D eigenvalue weighted by atomic mass is 9.95. The summed E-state index contributed by atoms with van der Waals surface area (Å²) in [5.74, 6) is 1.48. The van der Waals surface area contributed by atoms with E-state index in [9.17, 15) is 4.79 Å². The molecule has 162 valence electrons. The van der Waals surface area contributed by atoms with Crippen molar-refractivity contribution in [3.05, 3.63) is 29.8 Å². The van der Waals surface area contributed by atoms with E-state index in [1.165, 1.54) is 19.3 Å². The van der Waals surface area contributed by atoms with Crippen LogP contribution in [-0.2, 0) is 16.1 Å². The second-order valence-electron chi connectivity index (χ2n) is 7.25. The molecular formula is C22H36N4O3. The van der Waals surface area contributed by atoms with Gasteiger partial charge in [-0.2, -0.15) is 0 Å². The average Bonchev–Trinajstić information content (AvgIpc) is 2.76. The lowest BCUT2D eigenvalue weighted by molar-refractivity contribution is -0.120. The van der Waals surface area contributed by atoms with Crippen molar-refractivity contribution in [2.75, 3.05) is 33.4 Å². The van der Waals surface area contributed by atoms with Gasteiger partial charge in [0.15, 0.2) is 5.96 Å². The van der Waals surface area contributed by atoms with E-state index < -0.39 is 0 Å². The van der Waals surface area contributed by atoms with E-state index in [1.807, 2.05) is 31.2 Å². The van der Waals surface area contributed by atoms with Crippen LogP contribution >= 0.6 is 0 Å². The summed E-state index contributed by atoms with van der Waals surface area (Å²) in [6.07, 6.45) is 6.73. The number of aliphatic imine (C=N–C) groups is 1. The minimum atomic E-state index is 0.0187. The molecular weight excluding hydrogens is 368 g/mol. The standard InChI is InChI=1S/C22H36N4O3/c1-3-29-15-7-14-23-22(24-16-18-10-12-20(28-2)13-11-18)25-17-21(27)26-19-8-5-4-6-9-19/h10-13,19H,3-9,14-17H2,1-2H3,(H,26,27)(H2,23,24,25). The molecule has 1 aliphatic rings. The largest absolute Gasteiger partial charge is 0.497 e. The average molecular weight is 405 g/mol. The molecule has 29 heavy (non-hydrogen) atoms. The minimum absolute atomic E-state index is 0.0187. The third-order valence-electron chi connectivity index (χ3n) is 4.93. The number of amides is 1. The summed E-state index contributed by atoms with van der Waals surface area (Å²) in [6, 6.07) is 8.14. The van der Waals surface area contributed by atoms with Gasteiger partial charge in [-0.15, -0.1) is 0 Å². The molecule has 1 saturated carbocycles. The maximum Gasteiger partial charge on any atom is 0.239 e. The topological polar surface area (TPSA) is 84.0 Å². The first-order chi connectivity index (χ1) is 14.2. The van der Waals surface area contributed by atoms with Gasteiger partial charge >= 0.3 is 0 Å². The zero-order valence-electron chi connectivity index (χ0n) is 17.8. The molecule has 1 aromatic carbocycles. The first-order valence-corrected chi connectivity index (χ1v) is 10.7. The van der Waals surface area contributed by atoms with Gasteiger partial charge in [0, 0.05) is 25.8 Å². The Balaban J connectivity index is 1.83. The second-order valence-corrected chi connectivity index (χ2v) is 7.25. The predicted octanol–water partition coefficient (Wildman–Crippen LogP) is 2.61. The molecule has 0 aromatic heterocycles. The van der Waals surface area contributed by atoms with Gasteiger partial charge in [0.05, 0.1) is 20.2 Å². The first-order valence-electron chi connectivity index (χ1n) is 10.7. The highest BCUT2D eigenvalue weighted by atomic mass is 16.5. The highest BCUT2D eigenvalue weighted by Gasteiger charge is 2.15. The molecule has 1 fully saturated rings. The Morgan fingerprint density at radius 1 is 1.14 bits per heavy atom. The fourth-order valence-electron chi connectivity index (χ4n) is 3.29. The van der Waals surface area contributed by atoms with Gasteiger partial charge in [0.25, 0.3) is 0 Å². The van der Waals surface area contributed by atoms with E-state index in [4.69, 9.17) is 9.47 Å². The summed E-state index contributed by atoms with van der Waals surface area (Å²) >= 11 is 0. The van der Waals surface area contributed by atoms with Crippen LogP contribution in [0, 0.1) is 0 Å². The second kappa shape index (κ2) is 13.8. The molecule has 0 aliphatic heterocycles. The molecule has 0 unspecified atom stereocenters. The number of methoxy groups -OCH3 is 1. The van der Waals surface area contributed by atoms with Crippen LogP contribution in [0.15, 0.2) is 29.3 Å². The van der Waals surface area contributed by atoms with Crippen molar-refractivity contribution in [3.63, 3.8) is 0 Å². The zero-order chi connectivity index (χ0) is 20.7. The van der Waals surface area contributed by atoms with Crippen LogP contribution in [0.5, 0.6) is 5.75 Å². The van der Waals surface area contributed by atoms with Crippen molar-refractivity contribution in [1.82, 2.24) is 16.0 Å². The number of nitrogens with one attached hydrogen (secondary N) is 3. The molecule has 0 saturated heterocycles. The third-order valence-corrected chi connectivity index (χ3v) is 4.93. The minimum Gasteiger partial charge on any atom is -0.497 e. The van der Waals surface area contributed by atoms with Crippen LogP contribution in [0.1, 0.15) is 51.0 Å². The lowest BCUT2D eigenvalue weighted by Gasteiger charge is -2.23. The number of nitrogens with zero attached hydrogens (tertiary/aromatic N) is 1.